The minimum Gasteiger partial charge on any atom is -0.394 e. The summed E-state index contributed by atoms with van der Waals surface area (Å²) in [7, 11) is 0. The quantitative estimate of drug-likeness (QED) is 0.740. The second-order valence-corrected chi connectivity index (χ2v) is 7.59. The van der Waals surface area contributed by atoms with Crippen molar-refractivity contribution in [1.29, 1.82) is 0 Å². The van der Waals surface area contributed by atoms with Crippen LogP contribution in [0, 0.1) is 11.3 Å². The van der Waals surface area contributed by atoms with Crippen molar-refractivity contribution in [2.75, 3.05) is 13.2 Å². The van der Waals surface area contributed by atoms with Gasteiger partial charge >= 0.3 is 0 Å². The molecule has 0 aromatic heterocycles. The summed E-state index contributed by atoms with van der Waals surface area (Å²) in [5.41, 5.74) is -0.403. The van der Waals surface area contributed by atoms with Crippen molar-refractivity contribution < 1.29 is 9.90 Å². The van der Waals surface area contributed by atoms with Gasteiger partial charge in [0, 0.05) is 0 Å². The summed E-state index contributed by atoms with van der Waals surface area (Å²) < 4.78 is 0. The Hall–Kier alpha value is -0.610. The lowest BCUT2D eigenvalue weighted by atomic mass is 9.75. The number of carbonyl (C=O) groups excluding carboxylic acids is 1. The van der Waals surface area contributed by atoms with E-state index in [1.54, 1.807) is 0 Å². The van der Waals surface area contributed by atoms with Gasteiger partial charge in [-0.05, 0) is 56.4 Å². The monoisotopic (exact) mass is 282 g/mol. The van der Waals surface area contributed by atoms with Gasteiger partial charge in [0.2, 0.25) is 5.91 Å². The number of hydrogen-bond donors (Lipinski definition) is 3. The van der Waals surface area contributed by atoms with Crippen molar-refractivity contribution in [2.24, 2.45) is 11.3 Å². The molecule has 1 heterocycles. The summed E-state index contributed by atoms with van der Waals surface area (Å²) in [6.07, 6.45) is 6.15. The average molecular weight is 282 g/mol. The van der Waals surface area contributed by atoms with Crippen LogP contribution in [-0.4, -0.2) is 35.7 Å². The van der Waals surface area contributed by atoms with Gasteiger partial charge in [-0.15, -0.1) is 0 Å². The Morgan fingerprint density at radius 1 is 1.30 bits per heavy atom. The molecule has 2 fully saturated rings. The second-order valence-electron chi connectivity index (χ2n) is 7.59. The molecule has 1 aliphatic carbocycles. The number of hydrogen-bond acceptors (Lipinski definition) is 3. The molecule has 116 valence electrons. The zero-order valence-electron chi connectivity index (χ0n) is 13.2. The molecule has 1 saturated carbocycles. The molecule has 1 saturated heterocycles. The van der Waals surface area contributed by atoms with E-state index in [4.69, 9.17) is 0 Å². The topological polar surface area (TPSA) is 61.4 Å². The molecule has 1 aliphatic heterocycles. The molecular weight excluding hydrogens is 252 g/mol. The Bertz CT molecular complexity index is 346. The SMILES string of the molecule is CC1CCC(CO)(NC(=O)C2NCCCC2(C)C)CC1. The summed E-state index contributed by atoms with van der Waals surface area (Å²) in [5.74, 6) is 0.772. The highest BCUT2D eigenvalue weighted by atomic mass is 16.3. The van der Waals surface area contributed by atoms with E-state index in [2.05, 4.69) is 31.4 Å². The maximum absolute atomic E-state index is 12.6. The summed E-state index contributed by atoms with van der Waals surface area (Å²) in [5, 5.41) is 16.3. The summed E-state index contributed by atoms with van der Waals surface area (Å²) >= 11 is 0. The molecule has 0 aromatic rings. The Balaban J connectivity index is 2.02. The third kappa shape index (κ3) is 3.34. The van der Waals surface area contributed by atoms with E-state index in [1.165, 1.54) is 0 Å². The summed E-state index contributed by atoms with van der Waals surface area (Å²) in [6.45, 7) is 7.51. The zero-order valence-corrected chi connectivity index (χ0v) is 13.2. The fraction of sp³-hybridized carbons (Fsp3) is 0.938. The number of amides is 1. The van der Waals surface area contributed by atoms with Gasteiger partial charge in [0.15, 0.2) is 0 Å². The Labute approximate surface area is 122 Å². The average Bonchev–Trinajstić information content (AvgIpc) is 2.41. The number of carbonyl (C=O) groups is 1. The van der Waals surface area contributed by atoms with E-state index in [0.29, 0.717) is 5.92 Å². The second kappa shape index (κ2) is 6.02. The number of piperidine rings is 1. The van der Waals surface area contributed by atoms with Crippen LogP contribution in [0.25, 0.3) is 0 Å². The van der Waals surface area contributed by atoms with Gasteiger partial charge in [0.25, 0.3) is 0 Å². The molecule has 20 heavy (non-hydrogen) atoms. The molecule has 4 heteroatoms. The van der Waals surface area contributed by atoms with Crippen LogP contribution >= 0.6 is 0 Å². The van der Waals surface area contributed by atoms with Gasteiger partial charge in [-0.3, -0.25) is 4.79 Å². The molecule has 1 amide bonds. The van der Waals surface area contributed by atoms with Crippen molar-refractivity contribution in [3.63, 3.8) is 0 Å². The van der Waals surface area contributed by atoms with E-state index in [-0.39, 0.29) is 24.0 Å². The molecule has 1 atom stereocenters. The molecule has 3 N–H and O–H groups in total. The highest BCUT2D eigenvalue weighted by Gasteiger charge is 2.41. The van der Waals surface area contributed by atoms with E-state index >= 15 is 0 Å². The minimum atomic E-state index is -0.390. The van der Waals surface area contributed by atoms with Gasteiger partial charge in [0.1, 0.15) is 0 Å². The third-order valence-electron chi connectivity index (χ3n) is 5.31. The molecule has 0 bridgehead atoms. The lowest BCUT2D eigenvalue weighted by Gasteiger charge is -2.43. The molecule has 0 radical (unpaired) electrons. The van der Waals surface area contributed by atoms with E-state index in [9.17, 15) is 9.90 Å². The van der Waals surface area contributed by atoms with Crippen molar-refractivity contribution in [2.45, 2.75) is 70.9 Å². The van der Waals surface area contributed by atoms with Crippen LogP contribution in [-0.2, 0) is 4.79 Å². The van der Waals surface area contributed by atoms with Gasteiger partial charge in [-0.1, -0.05) is 20.8 Å². The molecule has 0 aromatic carbocycles. The standard InChI is InChI=1S/C16H30N2O2/c1-12-5-8-16(11-19,9-6-12)18-14(20)13-15(2,3)7-4-10-17-13/h12-13,17,19H,4-11H2,1-3H3,(H,18,20). The molecule has 2 aliphatic rings. The van der Waals surface area contributed by atoms with Crippen molar-refractivity contribution in [3.8, 4) is 0 Å². The first kappa shape index (κ1) is 15.8. The molecule has 2 rings (SSSR count). The Kier molecular flexibility index (Phi) is 4.75. The first-order valence-corrected chi connectivity index (χ1v) is 8.05. The highest BCUT2D eigenvalue weighted by molar-refractivity contribution is 5.83. The first-order chi connectivity index (χ1) is 9.38. The van der Waals surface area contributed by atoms with E-state index in [1.807, 2.05) is 0 Å². The highest BCUT2D eigenvalue weighted by Crippen LogP contribution is 2.34. The number of aliphatic hydroxyl groups is 1. The van der Waals surface area contributed by atoms with Gasteiger partial charge in [-0.25, -0.2) is 0 Å². The Morgan fingerprint density at radius 2 is 1.95 bits per heavy atom. The van der Waals surface area contributed by atoms with Crippen LogP contribution in [0.1, 0.15) is 59.3 Å². The molecule has 4 nitrogen and oxygen atoms in total. The fourth-order valence-electron chi connectivity index (χ4n) is 3.63. The van der Waals surface area contributed by atoms with Gasteiger partial charge in [-0.2, -0.15) is 0 Å². The molecular formula is C16H30N2O2. The summed E-state index contributed by atoms with van der Waals surface area (Å²) in [4.78, 5) is 12.6. The van der Waals surface area contributed by atoms with Crippen LogP contribution < -0.4 is 10.6 Å². The normalized spacial score (nSPS) is 37.4. The first-order valence-electron chi connectivity index (χ1n) is 8.05. The van der Waals surface area contributed by atoms with Crippen molar-refractivity contribution in [1.82, 2.24) is 10.6 Å². The smallest absolute Gasteiger partial charge is 0.238 e. The van der Waals surface area contributed by atoms with Gasteiger partial charge in [0.05, 0.1) is 18.2 Å². The lowest BCUT2D eigenvalue weighted by Crippen LogP contribution is -2.62. The number of rotatable bonds is 3. The largest absolute Gasteiger partial charge is 0.394 e. The van der Waals surface area contributed by atoms with Crippen molar-refractivity contribution >= 4 is 5.91 Å². The predicted molar refractivity (Wildman–Crippen MR) is 80.4 cm³/mol. The number of aliphatic hydroxyl groups excluding tert-OH is 1. The zero-order chi connectivity index (χ0) is 14.8. The fourth-order valence-corrected chi connectivity index (χ4v) is 3.63. The molecule has 0 spiro atoms. The van der Waals surface area contributed by atoms with Crippen LogP contribution in [0.3, 0.4) is 0 Å². The summed E-state index contributed by atoms with van der Waals surface area (Å²) in [6, 6.07) is -0.140. The van der Waals surface area contributed by atoms with Crippen LogP contribution in [0.5, 0.6) is 0 Å². The lowest BCUT2D eigenvalue weighted by molar-refractivity contribution is -0.130. The number of nitrogens with one attached hydrogen (secondary N) is 2. The van der Waals surface area contributed by atoms with E-state index in [0.717, 1.165) is 45.1 Å². The molecule has 1 unspecified atom stereocenters. The Morgan fingerprint density at radius 3 is 2.50 bits per heavy atom. The van der Waals surface area contributed by atoms with Crippen LogP contribution in [0.15, 0.2) is 0 Å². The van der Waals surface area contributed by atoms with Crippen LogP contribution in [0.4, 0.5) is 0 Å². The van der Waals surface area contributed by atoms with E-state index < -0.39 is 5.54 Å². The van der Waals surface area contributed by atoms with Crippen molar-refractivity contribution in [3.05, 3.63) is 0 Å². The predicted octanol–water partition coefficient (Wildman–Crippen LogP) is 1.82. The third-order valence-corrected chi connectivity index (χ3v) is 5.31. The van der Waals surface area contributed by atoms with Crippen LogP contribution in [0.2, 0.25) is 0 Å². The van der Waals surface area contributed by atoms with Gasteiger partial charge < -0.3 is 15.7 Å². The minimum absolute atomic E-state index is 0.0130. The maximum Gasteiger partial charge on any atom is 0.238 e. The maximum atomic E-state index is 12.6.